The van der Waals surface area contributed by atoms with Gasteiger partial charge < -0.3 is 0 Å². The molecule has 0 radical (unpaired) electrons. The first kappa shape index (κ1) is 18.4. The maximum absolute atomic E-state index is 13.2. The molecule has 138 valence electrons. The van der Waals surface area contributed by atoms with Gasteiger partial charge in [-0.1, -0.05) is 0 Å². The van der Waals surface area contributed by atoms with Crippen molar-refractivity contribution in [1.82, 2.24) is 4.90 Å². The van der Waals surface area contributed by atoms with Crippen LogP contribution in [0.5, 0.6) is 0 Å². The standard InChI is InChI=1S/C23H17NO3Se/c25-21-18-13-7-8-14-19(18)22(26)24(21)20(15-16-9-3-1-4-10-16)23(27)28-17-11-5-2-6-12-17/h1-14,20H,15H2/t20-/m1/s1. The van der Waals surface area contributed by atoms with Crippen molar-refractivity contribution < 1.29 is 14.4 Å². The van der Waals surface area contributed by atoms with Crippen molar-refractivity contribution in [3.8, 4) is 0 Å². The van der Waals surface area contributed by atoms with Crippen LogP contribution < -0.4 is 4.46 Å². The molecule has 0 fully saturated rings. The first-order valence-corrected chi connectivity index (χ1v) is 10.6. The van der Waals surface area contributed by atoms with E-state index < -0.39 is 32.8 Å². The number of rotatable bonds is 6. The van der Waals surface area contributed by atoms with E-state index in [9.17, 15) is 14.4 Å². The van der Waals surface area contributed by atoms with Gasteiger partial charge in [-0.3, -0.25) is 0 Å². The van der Waals surface area contributed by atoms with Gasteiger partial charge in [-0.25, -0.2) is 0 Å². The second-order valence-electron chi connectivity index (χ2n) is 6.47. The molecular formula is C23H17NO3Se. The Morgan fingerprint density at radius 1 is 0.750 bits per heavy atom. The Labute approximate surface area is 169 Å². The second-order valence-corrected chi connectivity index (χ2v) is 8.73. The molecule has 28 heavy (non-hydrogen) atoms. The summed E-state index contributed by atoms with van der Waals surface area (Å²) in [5.41, 5.74) is 1.65. The van der Waals surface area contributed by atoms with Crippen LogP contribution in [-0.4, -0.2) is 42.4 Å². The van der Waals surface area contributed by atoms with Gasteiger partial charge in [0.1, 0.15) is 0 Å². The summed E-state index contributed by atoms with van der Waals surface area (Å²) in [6.07, 6.45) is 0.319. The quantitative estimate of drug-likeness (QED) is 0.443. The van der Waals surface area contributed by atoms with Crippen LogP contribution in [0.4, 0.5) is 0 Å². The molecule has 0 aromatic heterocycles. The molecule has 3 aromatic rings. The fourth-order valence-corrected chi connectivity index (χ4v) is 5.07. The van der Waals surface area contributed by atoms with E-state index in [-0.39, 0.29) is 4.68 Å². The molecule has 3 aromatic carbocycles. The van der Waals surface area contributed by atoms with Gasteiger partial charge >= 0.3 is 169 Å². The topological polar surface area (TPSA) is 54.5 Å². The van der Waals surface area contributed by atoms with Crippen LogP contribution in [0, 0.1) is 0 Å². The zero-order chi connectivity index (χ0) is 19.5. The normalized spacial score (nSPS) is 14.1. The molecule has 1 atom stereocenters. The van der Waals surface area contributed by atoms with Crippen molar-refractivity contribution in [2.24, 2.45) is 0 Å². The third-order valence-corrected chi connectivity index (χ3v) is 6.70. The molecule has 0 bridgehead atoms. The first-order chi connectivity index (χ1) is 13.6. The second kappa shape index (κ2) is 7.93. The molecule has 0 unspecified atom stereocenters. The fourth-order valence-electron chi connectivity index (χ4n) is 3.28. The van der Waals surface area contributed by atoms with Crippen molar-refractivity contribution in [2.75, 3.05) is 0 Å². The van der Waals surface area contributed by atoms with Crippen LogP contribution in [0.3, 0.4) is 0 Å². The van der Waals surface area contributed by atoms with Crippen molar-refractivity contribution in [2.45, 2.75) is 12.5 Å². The molecule has 4 nitrogen and oxygen atoms in total. The van der Waals surface area contributed by atoms with E-state index in [2.05, 4.69) is 0 Å². The van der Waals surface area contributed by atoms with Gasteiger partial charge in [-0.2, -0.15) is 0 Å². The van der Waals surface area contributed by atoms with Gasteiger partial charge in [0.2, 0.25) is 0 Å². The van der Waals surface area contributed by atoms with E-state index in [0.29, 0.717) is 17.5 Å². The zero-order valence-electron chi connectivity index (χ0n) is 14.9. The summed E-state index contributed by atoms with van der Waals surface area (Å²) < 4.78 is 0.840. The predicted molar refractivity (Wildman–Crippen MR) is 108 cm³/mol. The monoisotopic (exact) mass is 435 g/mol. The number of nitrogens with zero attached hydrogens (tertiary/aromatic N) is 1. The maximum atomic E-state index is 13.2. The molecule has 0 saturated carbocycles. The summed E-state index contributed by atoms with van der Waals surface area (Å²) >= 11 is -0.490. The number of hydrogen-bond acceptors (Lipinski definition) is 3. The van der Waals surface area contributed by atoms with Crippen molar-refractivity contribution in [3.63, 3.8) is 0 Å². The number of carbonyl (C=O) groups excluding carboxylic acids is 3. The minimum atomic E-state index is -0.810. The Kier molecular flexibility index (Phi) is 5.20. The molecule has 4 rings (SSSR count). The van der Waals surface area contributed by atoms with Crippen molar-refractivity contribution in [1.29, 1.82) is 0 Å². The number of benzene rings is 3. The molecule has 0 aliphatic carbocycles. The van der Waals surface area contributed by atoms with Crippen LogP contribution in [0.2, 0.25) is 0 Å². The van der Waals surface area contributed by atoms with Gasteiger partial charge in [0.25, 0.3) is 0 Å². The van der Waals surface area contributed by atoms with E-state index in [0.717, 1.165) is 14.9 Å². The molecule has 1 heterocycles. The molecular weight excluding hydrogens is 417 g/mol. The predicted octanol–water partition coefficient (Wildman–Crippen LogP) is 2.45. The van der Waals surface area contributed by atoms with Crippen LogP contribution in [0.15, 0.2) is 84.9 Å². The van der Waals surface area contributed by atoms with E-state index in [1.165, 1.54) is 0 Å². The minimum absolute atomic E-state index is 0.0861. The van der Waals surface area contributed by atoms with Crippen LogP contribution in [0.25, 0.3) is 0 Å². The molecule has 5 heteroatoms. The Morgan fingerprint density at radius 3 is 1.82 bits per heavy atom. The van der Waals surface area contributed by atoms with Crippen LogP contribution in [0.1, 0.15) is 26.3 Å². The number of fused-ring (bicyclic) bond motifs is 1. The van der Waals surface area contributed by atoms with Crippen molar-refractivity contribution in [3.05, 3.63) is 102 Å². The SMILES string of the molecule is O=C([Se]c1ccccc1)[C@@H](Cc1ccccc1)N1C(=O)c2ccccc2C1=O. The van der Waals surface area contributed by atoms with Gasteiger partial charge in [0, 0.05) is 0 Å². The molecule has 1 aliphatic heterocycles. The van der Waals surface area contributed by atoms with Crippen LogP contribution >= 0.6 is 0 Å². The van der Waals surface area contributed by atoms with Gasteiger partial charge in [-0.05, 0) is 0 Å². The van der Waals surface area contributed by atoms with E-state index in [1.807, 2.05) is 60.7 Å². The Bertz CT molecular complexity index is 999. The molecule has 1 aliphatic rings. The number of hydrogen-bond donors (Lipinski definition) is 0. The zero-order valence-corrected chi connectivity index (χ0v) is 16.7. The summed E-state index contributed by atoms with van der Waals surface area (Å²) in [4.78, 5) is 40.3. The molecule has 0 N–H and O–H groups in total. The van der Waals surface area contributed by atoms with E-state index in [1.54, 1.807) is 24.3 Å². The van der Waals surface area contributed by atoms with Crippen molar-refractivity contribution >= 4 is 35.9 Å². The van der Waals surface area contributed by atoms with Gasteiger partial charge in [0.05, 0.1) is 0 Å². The molecule has 2 amide bonds. The molecule has 0 spiro atoms. The van der Waals surface area contributed by atoms with E-state index in [4.69, 9.17) is 0 Å². The summed E-state index contributed by atoms with van der Waals surface area (Å²) in [7, 11) is 0. The number of imide groups is 1. The van der Waals surface area contributed by atoms with Gasteiger partial charge in [-0.15, -0.1) is 0 Å². The van der Waals surface area contributed by atoms with Crippen LogP contribution in [-0.2, 0) is 11.2 Å². The average Bonchev–Trinajstić information content (AvgIpc) is 2.98. The Balaban J connectivity index is 1.68. The fraction of sp³-hybridized carbons (Fsp3) is 0.0870. The molecule has 0 saturated heterocycles. The first-order valence-electron chi connectivity index (χ1n) is 8.93. The third-order valence-electron chi connectivity index (χ3n) is 4.64. The Morgan fingerprint density at radius 2 is 1.25 bits per heavy atom. The summed E-state index contributed by atoms with van der Waals surface area (Å²) in [6.45, 7) is 0. The Hall–Kier alpha value is -3.01. The number of carbonyl (C=O) groups is 3. The summed E-state index contributed by atoms with van der Waals surface area (Å²) in [6, 6.07) is 24.9. The summed E-state index contributed by atoms with van der Waals surface area (Å²) in [5.74, 6) is -0.780. The average molecular weight is 434 g/mol. The number of amides is 2. The van der Waals surface area contributed by atoms with Gasteiger partial charge in [0.15, 0.2) is 0 Å². The van der Waals surface area contributed by atoms with E-state index >= 15 is 0 Å². The third kappa shape index (κ3) is 3.55. The summed E-state index contributed by atoms with van der Waals surface area (Å²) in [5, 5.41) is 0.